The molecular formula is C16H19ClN2O5S. The smallest absolute Gasteiger partial charge is 0.260 e. The summed E-state index contributed by atoms with van der Waals surface area (Å²) in [5.41, 5.74) is 0. The largest absolute Gasteiger partial charge is 0.484 e. The first-order chi connectivity index (χ1) is 11.7. The first-order valence-electron chi connectivity index (χ1n) is 7.90. The Hall–Kier alpha value is -1.80. The van der Waals surface area contributed by atoms with Gasteiger partial charge in [-0.3, -0.25) is 9.59 Å². The Balaban J connectivity index is 1.59. The van der Waals surface area contributed by atoms with Gasteiger partial charge in [-0.1, -0.05) is 11.6 Å². The van der Waals surface area contributed by atoms with E-state index in [-0.39, 0.29) is 44.4 Å². The number of nitrogens with zero attached hydrogens (tertiary/aromatic N) is 2. The Labute approximate surface area is 151 Å². The van der Waals surface area contributed by atoms with Crippen LogP contribution in [0.1, 0.15) is 12.8 Å². The van der Waals surface area contributed by atoms with E-state index >= 15 is 0 Å². The molecule has 0 aliphatic carbocycles. The molecule has 9 heteroatoms. The third kappa shape index (κ3) is 3.20. The molecule has 0 saturated carbocycles. The van der Waals surface area contributed by atoms with Crippen molar-refractivity contribution in [2.45, 2.75) is 17.7 Å². The first-order valence-corrected chi connectivity index (χ1v) is 9.93. The molecule has 136 valence electrons. The van der Waals surface area contributed by atoms with Gasteiger partial charge in [0, 0.05) is 38.0 Å². The van der Waals surface area contributed by atoms with E-state index in [1.54, 1.807) is 29.2 Å². The summed E-state index contributed by atoms with van der Waals surface area (Å²) in [7, 11) is -2.00. The lowest BCUT2D eigenvalue weighted by Crippen LogP contribution is -2.56. The molecule has 1 aromatic rings. The number of hydrogen-bond donors (Lipinski definition) is 0. The van der Waals surface area contributed by atoms with E-state index in [9.17, 15) is 18.0 Å². The Morgan fingerprint density at radius 2 is 1.84 bits per heavy atom. The zero-order valence-electron chi connectivity index (χ0n) is 13.8. The lowest BCUT2D eigenvalue weighted by Gasteiger charge is -2.41. The van der Waals surface area contributed by atoms with Crippen LogP contribution in [0.5, 0.6) is 5.75 Å². The van der Waals surface area contributed by atoms with Crippen LogP contribution in [0.3, 0.4) is 0 Å². The molecule has 0 unspecified atom stereocenters. The van der Waals surface area contributed by atoms with Gasteiger partial charge in [-0.25, -0.2) is 8.42 Å². The predicted octanol–water partition coefficient (Wildman–Crippen LogP) is 0.924. The lowest BCUT2D eigenvalue weighted by atomic mass is 10.0. The van der Waals surface area contributed by atoms with Gasteiger partial charge in [0.15, 0.2) is 16.4 Å². The third-order valence-corrected chi connectivity index (χ3v) is 7.67. The number of ether oxygens (including phenoxy) is 1. The van der Waals surface area contributed by atoms with Gasteiger partial charge in [-0.05, 0) is 24.3 Å². The summed E-state index contributed by atoms with van der Waals surface area (Å²) < 4.78 is 30.2. The van der Waals surface area contributed by atoms with Crippen molar-refractivity contribution in [1.82, 2.24) is 9.80 Å². The number of likely N-dealkylation sites (tertiary alicyclic amines) is 1. The quantitative estimate of drug-likeness (QED) is 0.771. The highest BCUT2D eigenvalue weighted by atomic mass is 35.5. The van der Waals surface area contributed by atoms with Crippen molar-refractivity contribution in [2.75, 3.05) is 32.5 Å². The summed E-state index contributed by atoms with van der Waals surface area (Å²) in [5, 5.41) is 0.580. The van der Waals surface area contributed by atoms with Gasteiger partial charge >= 0.3 is 0 Å². The van der Waals surface area contributed by atoms with Crippen LogP contribution in [0.4, 0.5) is 0 Å². The molecule has 1 spiro atoms. The van der Waals surface area contributed by atoms with Crippen LogP contribution < -0.4 is 4.74 Å². The summed E-state index contributed by atoms with van der Waals surface area (Å²) in [4.78, 5) is 25.8. The van der Waals surface area contributed by atoms with Crippen molar-refractivity contribution < 1.29 is 22.7 Å². The Morgan fingerprint density at radius 3 is 2.36 bits per heavy atom. The molecule has 0 radical (unpaired) electrons. The molecule has 2 amide bonds. The van der Waals surface area contributed by atoms with Crippen LogP contribution in [-0.4, -0.2) is 67.4 Å². The van der Waals surface area contributed by atoms with E-state index in [0.717, 1.165) is 0 Å². The van der Waals surface area contributed by atoms with Gasteiger partial charge in [0.1, 0.15) is 16.4 Å². The number of rotatable bonds is 3. The molecule has 3 rings (SSSR count). The van der Waals surface area contributed by atoms with Gasteiger partial charge < -0.3 is 14.5 Å². The molecule has 0 bridgehead atoms. The van der Waals surface area contributed by atoms with Gasteiger partial charge in [0.05, 0.1) is 0 Å². The molecule has 25 heavy (non-hydrogen) atoms. The molecule has 1 aromatic carbocycles. The number of piperidine rings is 1. The number of amides is 2. The van der Waals surface area contributed by atoms with E-state index in [1.165, 1.54) is 11.9 Å². The summed E-state index contributed by atoms with van der Waals surface area (Å²) in [6.07, 6.45) is 0.453. The van der Waals surface area contributed by atoms with Crippen molar-refractivity contribution in [3.8, 4) is 5.75 Å². The van der Waals surface area contributed by atoms with Gasteiger partial charge in [-0.15, -0.1) is 0 Å². The van der Waals surface area contributed by atoms with E-state index in [2.05, 4.69) is 0 Å². The Kier molecular flexibility index (Phi) is 4.68. The highest BCUT2D eigenvalue weighted by molar-refractivity contribution is 7.93. The minimum absolute atomic E-state index is 0.129. The fraction of sp³-hybridized carbons (Fsp3) is 0.500. The second-order valence-electron chi connectivity index (χ2n) is 6.28. The minimum atomic E-state index is -3.52. The number of carbonyl (C=O) groups excluding carboxylic acids is 2. The van der Waals surface area contributed by atoms with Crippen LogP contribution in [-0.2, 0) is 19.4 Å². The molecule has 0 atom stereocenters. The van der Waals surface area contributed by atoms with Crippen LogP contribution >= 0.6 is 11.6 Å². The fourth-order valence-electron chi connectivity index (χ4n) is 3.35. The highest BCUT2D eigenvalue weighted by Crippen LogP contribution is 2.38. The van der Waals surface area contributed by atoms with E-state index < -0.39 is 20.5 Å². The number of halogens is 1. The minimum Gasteiger partial charge on any atom is -0.484 e. The van der Waals surface area contributed by atoms with Gasteiger partial charge in [0.25, 0.3) is 5.91 Å². The van der Waals surface area contributed by atoms with Crippen molar-refractivity contribution in [2.24, 2.45) is 0 Å². The molecular weight excluding hydrogens is 368 g/mol. The topological polar surface area (TPSA) is 84.0 Å². The average Bonchev–Trinajstić information content (AvgIpc) is 2.75. The number of sulfone groups is 1. The molecule has 0 N–H and O–H groups in total. The van der Waals surface area contributed by atoms with Crippen LogP contribution in [0.2, 0.25) is 5.02 Å². The molecule has 2 heterocycles. The maximum absolute atomic E-state index is 12.4. The number of benzene rings is 1. The molecule has 0 aromatic heterocycles. The average molecular weight is 387 g/mol. The molecule has 7 nitrogen and oxygen atoms in total. The zero-order valence-corrected chi connectivity index (χ0v) is 15.3. The molecule has 2 aliphatic rings. The van der Waals surface area contributed by atoms with Gasteiger partial charge in [-0.2, -0.15) is 0 Å². The summed E-state index contributed by atoms with van der Waals surface area (Å²) >= 11 is 5.79. The number of hydrogen-bond acceptors (Lipinski definition) is 5. The molecule has 2 saturated heterocycles. The van der Waals surface area contributed by atoms with Crippen molar-refractivity contribution >= 4 is 33.3 Å². The molecule has 2 aliphatic heterocycles. The van der Waals surface area contributed by atoms with E-state index in [0.29, 0.717) is 10.8 Å². The second kappa shape index (κ2) is 6.49. The first kappa shape index (κ1) is 18.0. The van der Waals surface area contributed by atoms with Gasteiger partial charge in [0.2, 0.25) is 5.91 Å². The van der Waals surface area contributed by atoms with Crippen LogP contribution in [0, 0.1) is 0 Å². The highest BCUT2D eigenvalue weighted by Gasteiger charge is 2.57. The predicted molar refractivity (Wildman–Crippen MR) is 92.0 cm³/mol. The van der Waals surface area contributed by atoms with Crippen molar-refractivity contribution in [3.63, 3.8) is 0 Å². The van der Waals surface area contributed by atoms with Crippen LogP contribution in [0.25, 0.3) is 0 Å². The van der Waals surface area contributed by atoms with Crippen molar-refractivity contribution in [1.29, 1.82) is 0 Å². The summed E-state index contributed by atoms with van der Waals surface area (Å²) in [6.45, 7) is 0.426. The summed E-state index contributed by atoms with van der Waals surface area (Å²) in [5.74, 6) is -0.508. The summed E-state index contributed by atoms with van der Waals surface area (Å²) in [6, 6.07) is 6.69. The number of carbonyl (C=O) groups is 2. The third-order valence-electron chi connectivity index (χ3n) is 4.95. The lowest BCUT2D eigenvalue weighted by molar-refractivity contribution is -0.136. The fourth-order valence-corrected chi connectivity index (χ4v) is 5.59. The maximum Gasteiger partial charge on any atom is 0.260 e. The Morgan fingerprint density at radius 1 is 1.24 bits per heavy atom. The normalized spacial score (nSPS) is 21.6. The second-order valence-corrected chi connectivity index (χ2v) is 9.00. The van der Waals surface area contributed by atoms with E-state index in [4.69, 9.17) is 16.3 Å². The van der Waals surface area contributed by atoms with Crippen LogP contribution in [0.15, 0.2) is 24.3 Å². The maximum atomic E-state index is 12.4. The monoisotopic (exact) mass is 386 g/mol. The SMILES string of the molecule is CN1C(=O)CS(=O)(=O)C12CCN(C(=O)COc1ccc(Cl)cc1)CC2. The zero-order chi connectivity index (χ0) is 18.2. The van der Waals surface area contributed by atoms with E-state index in [1.807, 2.05) is 0 Å². The van der Waals surface area contributed by atoms with Crippen molar-refractivity contribution in [3.05, 3.63) is 29.3 Å². The molecule has 2 fully saturated rings. The Bertz CT molecular complexity index is 785. The standard InChI is InChI=1S/C16H19ClN2O5S/c1-18-15(21)11-25(22,23)16(18)6-8-19(9-7-16)14(20)10-24-13-4-2-12(17)3-5-13/h2-5H,6-11H2,1H3.